The molecule has 3 aromatic rings. The van der Waals surface area contributed by atoms with Gasteiger partial charge in [-0.25, -0.2) is 14.1 Å². The highest BCUT2D eigenvalue weighted by Gasteiger charge is 2.37. The molecule has 1 aromatic heterocycles. The fourth-order valence-electron chi connectivity index (χ4n) is 3.58. The smallest absolute Gasteiger partial charge is 0.318 e. The summed E-state index contributed by atoms with van der Waals surface area (Å²) in [6, 6.07) is 13.2. The van der Waals surface area contributed by atoms with E-state index < -0.39 is 17.8 Å². The number of anilines is 1. The summed E-state index contributed by atoms with van der Waals surface area (Å²) in [6.07, 6.45) is 1.45. The lowest BCUT2D eigenvalue weighted by Gasteiger charge is -2.26. The number of aromatic nitrogens is 1. The number of halogens is 2. The van der Waals surface area contributed by atoms with Gasteiger partial charge in [-0.05, 0) is 74.0 Å². The molecule has 1 N–H and O–H groups in total. The lowest BCUT2D eigenvalue weighted by atomic mass is 10.1. The Morgan fingerprint density at radius 1 is 0.968 bits per heavy atom. The van der Waals surface area contributed by atoms with Crippen LogP contribution in [-0.2, 0) is 9.59 Å². The SMILES string of the molecule is Cc1cc(C=C2C(=O)NC(=O)N(c3cccc(Cl)c3)C2=O)c(C)n1-c1ccc(F)cc1. The molecule has 0 spiro atoms. The van der Waals surface area contributed by atoms with Crippen LogP contribution in [0.5, 0.6) is 0 Å². The van der Waals surface area contributed by atoms with Crippen molar-refractivity contribution in [3.8, 4) is 5.69 Å². The van der Waals surface area contributed by atoms with Crippen LogP contribution in [0.15, 0.2) is 60.2 Å². The summed E-state index contributed by atoms with van der Waals surface area (Å²) in [5, 5.41) is 2.54. The highest BCUT2D eigenvalue weighted by molar-refractivity contribution is 6.39. The number of carbonyl (C=O) groups is 3. The van der Waals surface area contributed by atoms with Gasteiger partial charge in [0.1, 0.15) is 11.4 Å². The van der Waals surface area contributed by atoms with Crippen molar-refractivity contribution in [3.63, 3.8) is 0 Å². The molecular weight excluding hydrogens is 421 g/mol. The van der Waals surface area contributed by atoms with Crippen molar-refractivity contribution >= 4 is 41.2 Å². The van der Waals surface area contributed by atoms with Crippen LogP contribution >= 0.6 is 11.6 Å². The highest BCUT2D eigenvalue weighted by Crippen LogP contribution is 2.27. The lowest BCUT2D eigenvalue weighted by molar-refractivity contribution is -0.122. The van der Waals surface area contributed by atoms with E-state index >= 15 is 0 Å². The lowest BCUT2D eigenvalue weighted by Crippen LogP contribution is -2.54. The monoisotopic (exact) mass is 437 g/mol. The Morgan fingerprint density at radius 3 is 2.35 bits per heavy atom. The molecule has 4 rings (SSSR count). The summed E-state index contributed by atoms with van der Waals surface area (Å²) in [5.41, 5.74) is 3.03. The van der Waals surface area contributed by atoms with Gasteiger partial charge < -0.3 is 4.57 Å². The zero-order valence-corrected chi connectivity index (χ0v) is 17.4. The molecule has 4 amide bonds. The van der Waals surface area contributed by atoms with Gasteiger partial charge >= 0.3 is 6.03 Å². The molecule has 1 fully saturated rings. The number of barbiturate groups is 1. The van der Waals surface area contributed by atoms with Gasteiger partial charge in [-0.2, -0.15) is 0 Å². The Hall–Kier alpha value is -3.71. The van der Waals surface area contributed by atoms with Gasteiger partial charge in [0.25, 0.3) is 11.8 Å². The van der Waals surface area contributed by atoms with E-state index in [1.165, 1.54) is 24.3 Å². The number of urea groups is 1. The van der Waals surface area contributed by atoms with Crippen LogP contribution in [0.2, 0.25) is 5.02 Å². The zero-order chi connectivity index (χ0) is 22.3. The van der Waals surface area contributed by atoms with E-state index in [-0.39, 0.29) is 17.1 Å². The number of hydrogen-bond donors (Lipinski definition) is 1. The molecule has 0 unspecified atom stereocenters. The fraction of sp³-hybridized carbons (Fsp3) is 0.0870. The maximum atomic E-state index is 13.3. The molecule has 2 aromatic carbocycles. The zero-order valence-electron chi connectivity index (χ0n) is 16.6. The standard InChI is InChI=1S/C23H17ClFN3O3/c1-13-10-15(14(2)27(13)18-8-6-17(25)7-9-18)11-20-21(29)26-23(31)28(22(20)30)19-5-3-4-16(24)12-19/h3-12H,1-2H3,(H,26,29,31). The molecule has 6 nitrogen and oxygen atoms in total. The van der Waals surface area contributed by atoms with Crippen molar-refractivity contribution in [3.05, 3.63) is 88.0 Å². The van der Waals surface area contributed by atoms with Gasteiger partial charge in [0.05, 0.1) is 5.69 Å². The number of nitrogens with one attached hydrogen (secondary N) is 1. The molecule has 156 valence electrons. The van der Waals surface area contributed by atoms with Gasteiger partial charge in [-0.3, -0.25) is 14.9 Å². The molecule has 8 heteroatoms. The van der Waals surface area contributed by atoms with Crippen molar-refractivity contribution in [2.75, 3.05) is 4.90 Å². The van der Waals surface area contributed by atoms with Crippen molar-refractivity contribution in [2.24, 2.45) is 0 Å². The van der Waals surface area contributed by atoms with E-state index in [4.69, 9.17) is 11.6 Å². The van der Waals surface area contributed by atoms with Crippen molar-refractivity contribution in [1.29, 1.82) is 0 Å². The summed E-state index contributed by atoms with van der Waals surface area (Å²) in [5.74, 6) is -1.87. The van der Waals surface area contributed by atoms with E-state index in [2.05, 4.69) is 5.32 Å². The summed E-state index contributed by atoms with van der Waals surface area (Å²) in [4.78, 5) is 38.7. The summed E-state index contributed by atoms with van der Waals surface area (Å²) in [6.45, 7) is 3.69. The molecule has 0 atom stereocenters. The normalized spacial score (nSPS) is 15.5. The second-order valence-electron chi connectivity index (χ2n) is 7.08. The highest BCUT2D eigenvalue weighted by atomic mass is 35.5. The van der Waals surface area contributed by atoms with E-state index in [0.717, 1.165) is 22.0 Å². The number of carbonyl (C=O) groups excluding carboxylic acids is 3. The van der Waals surface area contributed by atoms with Gasteiger partial charge in [0, 0.05) is 22.1 Å². The summed E-state index contributed by atoms with van der Waals surface area (Å²) in [7, 11) is 0. The van der Waals surface area contributed by atoms with Crippen LogP contribution in [-0.4, -0.2) is 22.4 Å². The van der Waals surface area contributed by atoms with Crippen LogP contribution in [0, 0.1) is 19.7 Å². The quantitative estimate of drug-likeness (QED) is 0.482. The third-order valence-electron chi connectivity index (χ3n) is 5.02. The Labute approximate surface area is 182 Å². The molecule has 0 radical (unpaired) electrons. The maximum absolute atomic E-state index is 13.3. The van der Waals surface area contributed by atoms with Gasteiger partial charge in [0.2, 0.25) is 0 Å². The second kappa shape index (κ2) is 7.85. The van der Waals surface area contributed by atoms with Gasteiger partial charge in [0.15, 0.2) is 0 Å². The summed E-state index contributed by atoms with van der Waals surface area (Å²) >= 11 is 5.99. The molecule has 31 heavy (non-hydrogen) atoms. The van der Waals surface area contributed by atoms with E-state index in [9.17, 15) is 18.8 Å². The molecule has 2 heterocycles. The first-order chi connectivity index (χ1) is 14.8. The molecule has 0 bridgehead atoms. The fourth-order valence-corrected chi connectivity index (χ4v) is 3.77. The van der Waals surface area contributed by atoms with Crippen molar-refractivity contribution < 1.29 is 18.8 Å². The number of rotatable bonds is 3. The molecular formula is C23H17ClFN3O3. The molecule has 1 aliphatic rings. The first-order valence-corrected chi connectivity index (χ1v) is 9.76. The van der Waals surface area contributed by atoms with Crippen LogP contribution in [0.3, 0.4) is 0 Å². The number of aryl methyl sites for hydroxylation is 1. The average molecular weight is 438 g/mol. The van der Waals surface area contributed by atoms with Gasteiger partial charge in [-0.15, -0.1) is 0 Å². The second-order valence-corrected chi connectivity index (χ2v) is 7.51. The number of imide groups is 2. The Kier molecular flexibility index (Phi) is 5.20. The number of benzene rings is 2. The first kappa shape index (κ1) is 20.6. The molecule has 0 aliphatic carbocycles. The Bertz CT molecular complexity index is 1260. The largest absolute Gasteiger partial charge is 0.335 e. The van der Waals surface area contributed by atoms with Crippen LogP contribution in [0.1, 0.15) is 17.0 Å². The van der Waals surface area contributed by atoms with Crippen LogP contribution in [0.25, 0.3) is 11.8 Å². The predicted octanol–water partition coefficient (Wildman–Crippen LogP) is 4.55. The number of nitrogens with zero attached hydrogens (tertiary/aromatic N) is 2. The van der Waals surface area contributed by atoms with Crippen molar-refractivity contribution in [1.82, 2.24) is 9.88 Å². The van der Waals surface area contributed by atoms with Crippen molar-refractivity contribution in [2.45, 2.75) is 13.8 Å². The minimum Gasteiger partial charge on any atom is -0.318 e. The Morgan fingerprint density at radius 2 is 1.68 bits per heavy atom. The van der Waals surface area contributed by atoms with Gasteiger partial charge in [-0.1, -0.05) is 17.7 Å². The third-order valence-corrected chi connectivity index (χ3v) is 5.26. The summed E-state index contributed by atoms with van der Waals surface area (Å²) < 4.78 is 15.2. The minimum absolute atomic E-state index is 0.182. The molecule has 1 aliphatic heterocycles. The minimum atomic E-state index is -0.841. The number of amides is 4. The number of hydrogen-bond acceptors (Lipinski definition) is 3. The first-order valence-electron chi connectivity index (χ1n) is 9.38. The van der Waals surface area contributed by atoms with E-state index in [0.29, 0.717) is 10.6 Å². The average Bonchev–Trinajstić information content (AvgIpc) is 2.99. The topological polar surface area (TPSA) is 71.4 Å². The van der Waals surface area contributed by atoms with E-state index in [1.54, 1.807) is 30.3 Å². The van der Waals surface area contributed by atoms with E-state index in [1.807, 2.05) is 24.5 Å². The third kappa shape index (κ3) is 3.75. The van der Waals surface area contributed by atoms with Crippen LogP contribution < -0.4 is 10.2 Å². The Balaban J connectivity index is 1.76. The molecule has 0 saturated carbocycles. The predicted molar refractivity (Wildman–Crippen MR) is 116 cm³/mol. The van der Waals surface area contributed by atoms with Crippen LogP contribution in [0.4, 0.5) is 14.9 Å². The maximum Gasteiger partial charge on any atom is 0.335 e. The molecule has 1 saturated heterocycles.